The number of halogens is 1. The smallest absolute Gasteiger partial charge is 0.269 e. The van der Waals surface area contributed by atoms with E-state index in [1.54, 1.807) is 25.2 Å². The summed E-state index contributed by atoms with van der Waals surface area (Å²) >= 11 is 0. The van der Waals surface area contributed by atoms with Gasteiger partial charge in [-0.15, -0.1) is 0 Å². The number of carbonyl (C=O) groups excluding carboxylic acids is 1. The molecule has 0 fully saturated rings. The fraction of sp³-hybridized carbons (Fsp3) is 0.235. The molecule has 124 valence electrons. The van der Waals surface area contributed by atoms with Gasteiger partial charge in [0.2, 0.25) is 0 Å². The van der Waals surface area contributed by atoms with E-state index in [2.05, 4.69) is 15.6 Å². The number of aromatic nitrogens is 3. The Bertz CT molecular complexity index is 852. The van der Waals surface area contributed by atoms with Crippen molar-refractivity contribution in [3.8, 4) is 11.3 Å². The SMILES string of the molecule is Cc1cc(CCNC(=O)c2cc(-c3ccc(F)cc3)nn2C)on1. The van der Waals surface area contributed by atoms with Crippen LogP contribution in [0.5, 0.6) is 0 Å². The molecule has 0 spiro atoms. The van der Waals surface area contributed by atoms with E-state index in [4.69, 9.17) is 4.52 Å². The number of hydrogen-bond acceptors (Lipinski definition) is 4. The summed E-state index contributed by atoms with van der Waals surface area (Å²) < 4.78 is 19.6. The van der Waals surface area contributed by atoms with Gasteiger partial charge in [-0.05, 0) is 37.3 Å². The standard InChI is InChI=1S/C17H17FN4O2/c1-11-9-14(24-21-11)7-8-19-17(23)16-10-15(20-22(16)2)12-3-5-13(18)6-4-12/h3-6,9-10H,7-8H2,1-2H3,(H,19,23). The maximum Gasteiger partial charge on any atom is 0.269 e. The van der Waals surface area contributed by atoms with Crippen molar-refractivity contribution in [2.75, 3.05) is 6.54 Å². The van der Waals surface area contributed by atoms with Crippen LogP contribution in [-0.4, -0.2) is 27.4 Å². The maximum absolute atomic E-state index is 13.0. The first-order valence-corrected chi connectivity index (χ1v) is 7.53. The predicted octanol–water partition coefficient (Wildman–Crippen LogP) is 2.50. The normalized spacial score (nSPS) is 10.8. The molecule has 0 saturated carbocycles. The van der Waals surface area contributed by atoms with Crippen LogP contribution in [0.4, 0.5) is 4.39 Å². The van der Waals surface area contributed by atoms with Crippen LogP contribution in [0.3, 0.4) is 0 Å². The summed E-state index contributed by atoms with van der Waals surface area (Å²) in [6, 6.07) is 9.51. The first-order valence-electron chi connectivity index (χ1n) is 7.53. The first kappa shape index (κ1) is 15.9. The molecule has 0 aliphatic carbocycles. The quantitative estimate of drug-likeness (QED) is 0.781. The van der Waals surface area contributed by atoms with Crippen LogP contribution in [0.1, 0.15) is 21.9 Å². The number of benzene rings is 1. The van der Waals surface area contributed by atoms with Gasteiger partial charge in [0.15, 0.2) is 0 Å². The summed E-state index contributed by atoms with van der Waals surface area (Å²) in [6.45, 7) is 2.28. The number of hydrogen-bond donors (Lipinski definition) is 1. The van der Waals surface area contributed by atoms with Crippen molar-refractivity contribution >= 4 is 5.91 Å². The summed E-state index contributed by atoms with van der Waals surface area (Å²) in [5.74, 6) is 0.190. The Kier molecular flexibility index (Phi) is 4.41. The van der Waals surface area contributed by atoms with E-state index < -0.39 is 0 Å². The minimum atomic E-state index is -0.310. The third-order valence-electron chi connectivity index (χ3n) is 3.59. The third kappa shape index (κ3) is 3.51. The van der Waals surface area contributed by atoms with Gasteiger partial charge in [-0.2, -0.15) is 5.10 Å². The lowest BCUT2D eigenvalue weighted by atomic mass is 10.1. The Morgan fingerprint density at radius 3 is 2.71 bits per heavy atom. The number of amides is 1. The summed E-state index contributed by atoms with van der Waals surface area (Å²) in [5, 5.41) is 10.9. The second-order valence-corrected chi connectivity index (χ2v) is 5.49. The fourth-order valence-corrected chi connectivity index (χ4v) is 2.37. The van der Waals surface area contributed by atoms with E-state index in [0.29, 0.717) is 24.4 Å². The number of carbonyl (C=O) groups is 1. The number of aryl methyl sites for hydroxylation is 2. The minimum Gasteiger partial charge on any atom is -0.361 e. The van der Waals surface area contributed by atoms with Gasteiger partial charge < -0.3 is 9.84 Å². The largest absolute Gasteiger partial charge is 0.361 e. The average Bonchev–Trinajstić information content (AvgIpc) is 3.14. The molecule has 0 aliphatic rings. The summed E-state index contributed by atoms with van der Waals surface area (Å²) in [4.78, 5) is 12.3. The van der Waals surface area contributed by atoms with Gasteiger partial charge in [-0.25, -0.2) is 4.39 Å². The van der Waals surface area contributed by atoms with Gasteiger partial charge in [0.1, 0.15) is 17.3 Å². The van der Waals surface area contributed by atoms with Crippen molar-refractivity contribution in [1.82, 2.24) is 20.3 Å². The van der Waals surface area contributed by atoms with Gasteiger partial charge in [-0.1, -0.05) is 5.16 Å². The van der Waals surface area contributed by atoms with Crippen LogP contribution < -0.4 is 5.32 Å². The molecule has 1 N–H and O–H groups in total. The molecule has 2 aromatic heterocycles. The van der Waals surface area contributed by atoms with Crippen LogP contribution in [0.15, 0.2) is 40.9 Å². The Morgan fingerprint density at radius 2 is 2.04 bits per heavy atom. The lowest BCUT2D eigenvalue weighted by Gasteiger charge is -2.03. The Morgan fingerprint density at radius 1 is 1.29 bits per heavy atom. The lowest BCUT2D eigenvalue weighted by Crippen LogP contribution is -2.27. The van der Waals surface area contributed by atoms with E-state index in [1.165, 1.54) is 16.8 Å². The highest BCUT2D eigenvalue weighted by Crippen LogP contribution is 2.19. The minimum absolute atomic E-state index is 0.227. The molecule has 0 radical (unpaired) electrons. The molecule has 6 nitrogen and oxygen atoms in total. The van der Waals surface area contributed by atoms with Crippen LogP contribution in [-0.2, 0) is 13.5 Å². The van der Waals surface area contributed by atoms with Crippen molar-refractivity contribution in [3.63, 3.8) is 0 Å². The van der Waals surface area contributed by atoms with E-state index in [-0.39, 0.29) is 11.7 Å². The zero-order valence-corrected chi connectivity index (χ0v) is 13.4. The van der Waals surface area contributed by atoms with Crippen molar-refractivity contribution in [2.45, 2.75) is 13.3 Å². The van der Waals surface area contributed by atoms with Gasteiger partial charge in [-0.3, -0.25) is 9.48 Å². The predicted molar refractivity (Wildman–Crippen MR) is 85.9 cm³/mol. The molecule has 0 saturated heterocycles. The number of rotatable bonds is 5. The van der Waals surface area contributed by atoms with Crippen molar-refractivity contribution < 1.29 is 13.7 Å². The zero-order valence-electron chi connectivity index (χ0n) is 13.4. The summed E-state index contributed by atoms with van der Waals surface area (Å²) in [7, 11) is 1.70. The van der Waals surface area contributed by atoms with Gasteiger partial charge in [0.25, 0.3) is 5.91 Å². The van der Waals surface area contributed by atoms with Gasteiger partial charge in [0.05, 0.1) is 11.4 Å². The van der Waals surface area contributed by atoms with Gasteiger partial charge in [0, 0.05) is 31.6 Å². The third-order valence-corrected chi connectivity index (χ3v) is 3.59. The van der Waals surface area contributed by atoms with Crippen LogP contribution in [0, 0.1) is 12.7 Å². The van der Waals surface area contributed by atoms with E-state index in [0.717, 1.165) is 17.0 Å². The molecule has 0 unspecified atom stereocenters. The van der Waals surface area contributed by atoms with E-state index in [1.807, 2.05) is 13.0 Å². The molecular weight excluding hydrogens is 311 g/mol. The second kappa shape index (κ2) is 6.66. The Labute approximate surface area is 138 Å². The highest BCUT2D eigenvalue weighted by Gasteiger charge is 2.14. The number of nitrogens with zero attached hydrogens (tertiary/aromatic N) is 3. The number of nitrogens with one attached hydrogen (secondary N) is 1. The molecule has 1 aromatic carbocycles. The monoisotopic (exact) mass is 328 g/mol. The molecule has 0 aliphatic heterocycles. The highest BCUT2D eigenvalue weighted by molar-refractivity contribution is 5.93. The highest BCUT2D eigenvalue weighted by atomic mass is 19.1. The van der Waals surface area contributed by atoms with Gasteiger partial charge >= 0.3 is 0 Å². The van der Waals surface area contributed by atoms with Crippen LogP contribution in [0.25, 0.3) is 11.3 Å². The topological polar surface area (TPSA) is 73.0 Å². The summed E-state index contributed by atoms with van der Waals surface area (Å²) in [5.41, 5.74) is 2.62. The van der Waals surface area contributed by atoms with Crippen LogP contribution >= 0.6 is 0 Å². The lowest BCUT2D eigenvalue weighted by molar-refractivity contribution is 0.0944. The molecular formula is C17H17FN4O2. The zero-order chi connectivity index (χ0) is 17.1. The fourth-order valence-electron chi connectivity index (χ4n) is 2.37. The summed E-state index contributed by atoms with van der Waals surface area (Å²) in [6.07, 6.45) is 0.565. The first-order chi connectivity index (χ1) is 11.5. The van der Waals surface area contributed by atoms with Crippen LogP contribution in [0.2, 0.25) is 0 Å². The molecule has 7 heteroatoms. The Hall–Kier alpha value is -2.96. The van der Waals surface area contributed by atoms with Crippen molar-refractivity contribution in [3.05, 3.63) is 59.4 Å². The van der Waals surface area contributed by atoms with E-state index in [9.17, 15) is 9.18 Å². The average molecular weight is 328 g/mol. The molecule has 1 amide bonds. The molecule has 3 rings (SSSR count). The molecule has 3 aromatic rings. The molecule has 0 bridgehead atoms. The maximum atomic E-state index is 13.0. The molecule has 24 heavy (non-hydrogen) atoms. The van der Waals surface area contributed by atoms with E-state index >= 15 is 0 Å². The Balaban J connectivity index is 1.65. The van der Waals surface area contributed by atoms with Crippen molar-refractivity contribution in [2.24, 2.45) is 7.05 Å². The molecule has 2 heterocycles. The molecule has 0 atom stereocenters. The second-order valence-electron chi connectivity index (χ2n) is 5.49. The van der Waals surface area contributed by atoms with Crippen molar-refractivity contribution in [1.29, 1.82) is 0 Å².